The van der Waals surface area contributed by atoms with E-state index in [2.05, 4.69) is 15.0 Å². The molecule has 0 aliphatic rings. The lowest BCUT2D eigenvalue weighted by molar-refractivity contribution is 0.201. The van der Waals surface area contributed by atoms with Gasteiger partial charge in [0.2, 0.25) is 7.59 Å². The molecule has 2 aromatic rings. The van der Waals surface area contributed by atoms with Crippen LogP contribution in [0.4, 0.5) is 0 Å². The van der Waals surface area contributed by atoms with Gasteiger partial charge in [0.1, 0.15) is 12.4 Å². The Labute approximate surface area is 179 Å². The van der Waals surface area contributed by atoms with Crippen LogP contribution in [0.1, 0.15) is 23.0 Å². The lowest BCUT2D eigenvalue weighted by Gasteiger charge is -2.14. The summed E-state index contributed by atoms with van der Waals surface area (Å²) in [4.78, 5) is 12.0. The number of aliphatic hydroxyl groups is 1. The summed E-state index contributed by atoms with van der Waals surface area (Å²) in [5.41, 5.74) is 0.827. The van der Waals surface area contributed by atoms with Crippen LogP contribution in [0.3, 0.4) is 0 Å². The predicted octanol–water partition coefficient (Wildman–Crippen LogP) is 5.07. The molecule has 2 rings (SSSR count). The highest BCUT2D eigenvalue weighted by molar-refractivity contribution is 6.67. The normalized spacial score (nSPS) is 12.6. The molecule has 0 aliphatic carbocycles. The van der Waals surface area contributed by atoms with Crippen molar-refractivity contribution < 1.29 is 9.84 Å². The number of hydrogen-bond donors (Lipinski definition) is 1. The third kappa shape index (κ3) is 6.57. The molecule has 1 aromatic heterocycles. The van der Waals surface area contributed by atoms with E-state index in [9.17, 15) is 0 Å². The van der Waals surface area contributed by atoms with Gasteiger partial charge in [-0.3, -0.25) is 0 Å². The Morgan fingerprint density at radius 2 is 1.38 bits per heavy atom. The zero-order valence-electron chi connectivity index (χ0n) is 12.8. The van der Waals surface area contributed by atoms with E-state index >= 15 is 0 Å². The lowest BCUT2D eigenvalue weighted by atomic mass is 10.2. The van der Waals surface area contributed by atoms with Gasteiger partial charge >= 0.3 is 0 Å². The van der Waals surface area contributed by atoms with Crippen LogP contribution in [0.5, 0.6) is 5.75 Å². The van der Waals surface area contributed by atoms with Gasteiger partial charge in [-0.15, -0.1) is 0 Å². The molecular weight excluding hydrogens is 467 g/mol. The van der Waals surface area contributed by atoms with E-state index in [1.165, 1.54) is 0 Å². The monoisotopic (exact) mass is 475 g/mol. The van der Waals surface area contributed by atoms with Crippen molar-refractivity contribution in [1.29, 1.82) is 0 Å². The third-order valence-corrected chi connectivity index (χ3v) is 3.84. The SMILES string of the molecule is OCCOc1ccc(/C=C/c2nc(C(Cl)(Cl)Cl)nc(C(Cl)(Cl)Cl)n2)cc1. The molecule has 1 aromatic carbocycles. The molecule has 5 nitrogen and oxygen atoms in total. The molecule has 140 valence electrons. The van der Waals surface area contributed by atoms with Crippen molar-refractivity contribution in [2.45, 2.75) is 7.59 Å². The minimum Gasteiger partial charge on any atom is -0.491 e. The number of benzene rings is 1. The van der Waals surface area contributed by atoms with Gasteiger partial charge in [0, 0.05) is 0 Å². The maximum absolute atomic E-state index is 8.74. The van der Waals surface area contributed by atoms with Gasteiger partial charge in [-0.25, -0.2) is 15.0 Å². The molecule has 0 fully saturated rings. The highest BCUT2D eigenvalue weighted by Crippen LogP contribution is 2.39. The minimum atomic E-state index is -1.90. The second kappa shape index (κ2) is 9.11. The number of aliphatic hydroxyl groups excluding tert-OH is 1. The van der Waals surface area contributed by atoms with E-state index < -0.39 is 7.59 Å². The number of nitrogens with zero attached hydrogens (tertiary/aromatic N) is 3. The molecule has 0 saturated carbocycles. The van der Waals surface area contributed by atoms with E-state index in [-0.39, 0.29) is 30.7 Å². The largest absolute Gasteiger partial charge is 0.491 e. The Bertz CT molecular complexity index is 740. The Kier molecular flexibility index (Phi) is 7.62. The quantitative estimate of drug-likeness (QED) is 0.609. The fraction of sp³-hybridized carbons (Fsp3) is 0.267. The summed E-state index contributed by atoms with van der Waals surface area (Å²) in [5, 5.41) is 8.74. The molecule has 0 saturated heterocycles. The number of aromatic nitrogens is 3. The Morgan fingerprint density at radius 1 is 0.846 bits per heavy atom. The second-order valence-electron chi connectivity index (χ2n) is 4.81. The third-order valence-electron chi connectivity index (χ3n) is 2.82. The van der Waals surface area contributed by atoms with Crippen LogP contribution in [0, 0.1) is 0 Å². The van der Waals surface area contributed by atoms with Gasteiger partial charge in [-0.05, 0) is 23.8 Å². The van der Waals surface area contributed by atoms with Crippen LogP contribution in [-0.2, 0) is 7.59 Å². The summed E-state index contributed by atoms with van der Waals surface area (Å²) in [6.45, 7) is 0.164. The van der Waals surface area contributed by atoms with Crippen molar-refractivity contribution in [2.75, 3.05) is 13.2 Å². The van der Waals surface area contributed by atoms with Crippen molar-refractivity contribution in [1.82, 2.24) is 15.0 Å². The number of alkyl halides is 6. The first-order valence-electron chi connectivity index (χ1n) is 7.02. The van der Waals surface area contributed by atoms with Crippen LogP contribution >= 0.6 is 69.6 Å². The highest BCUT2D eigenvalue weighted by Gasteiger charge is 2.33. The molecule has 1 N–H and O–H groups in total. The van der Waals surface area contributed by atoms with Gasteiger partial charge < -0.3 is 9.84 Å². The number of halogens is 6. The van der Waals surface area contributed by atoms with Crippen molar-refractivity contribution in [3.63, 3.8) is 0 Å². The Morgan fingerprint density at radius 3 is 1.85 bits per heavy atom. The second-order valence-corrected chi connectivity index (χ2v) is 9.37. The number of hydrogen-bond acceptors (Lipinski definition) is 5. The fourth-order valence-electron chi connectivity index (χ4n) is 1.73. The highest BCUT2D eigenvalue weighted by atomic mass is 35.6. The molecular formula is C15H11Cl6N3O2. The van der Waals surface area contributed by atoms with Crippen LogP contribution in [0.2, 0.25) is 0 Å². The smallest absolute Gasteiger partial charge is 0.250 e. The summed E-state index contributed by atoms with van der Waals surface area (Å²) in [6.07, 6.45) is 3.28. The van der Waals surface area contributed by atoms with Crippen LogP contribution in [0.15, 0.2) is 24.3 Å². The molecule has 0 amide bonds. The number of ether oxygens (including phenoxy) is 1. The first kappa shape index (κ1) is 21.8. The summed E-state index contributed by atoms with van der Waals surface area (Å²) >= 11 is 34.9. The topological polar surface area (TPSA) is 68.1 Å². The predicted molar refractivity (Wildman–Crippen MR) is 106 cm³/mol. The summed E-state index contributed by atoms with van der Waals surface area (Å²) < 4.78 is 1.48. The van der Waals surface area contributed by atoms with Crippen molar-refractivity contribution in [3.8, 4) is 5.75 Å². The molecule has 11 heteroatoms. The van der Waals surface area contributed by atoms with Gasteiger partial charge in [0.15, 0.2) is 17.5 Å². The average Bonchev–Trinajstić information content (AvgIpc) is 2.57. The maximum Gasteiger partial charge on any atom is 0.250 e. The van der Waals surface area contributed by atoms with Crippen LogP contribution in [0.25, 0.3) is 12.2 Å². The van der Waals surface area contributed by atoms with Crippen molar-refractivity contribution >= 4 is 81.8 Å². The lowest BCUT2D eigenvalue weighted by Crippen LogP contribution is -2.16. The summed E-state index contributed by atoms with van der Waals surface area (Å²) in [7, 11) is 0. The van der Waals surface area contributed by atoms with E-state index in [0.29, 0.717) is 5.75 Å². The van der Waals surface area contributed by atoms with Gasteiger partial charge in [0.25, 0.3) is 0 Å². The van der Waals surface area contributed by atoms with Crippen LogP contribution in [-0.4, -0.2) is 33.3 Å². The average molecular weight is 478 g/mol. The molecule has 0 bridgehead atoms. The standard InChI is InChI=1S/C15H11Cl6N3O2/c16-14(17,18)12-22-11(23-13(24-12)15(19,20)21)6-3-9-1-4-10(5-2-9)26-8-7-25/h1-6,25H,7-8H2/b6-3+. The molecule has 0 unspecified atom stereocenters. The van der Waals surface area contributed by atoms with E-state index in [0.717, 1.165) is 5.56 Å². The summed E-state index contributed by atoms with van der Waals surface area (Å²) in [5.74, 6) is 0.467. The minimum absolute atomic E-state index is 0.0574. The first-order valence-corrected chi connectivity index (χ1v) is 9.28. The zero-order valence-corrected chi connectivity index (χ0v) is 17.4. The maximum atomic E-state index is 8.74. The summed E-state index contributed by atoms with van der Waals surface area (Å²) in [6, 6.07) is 7.11. The van der Waals surface area contributed by atoms with Crippen LogP contribution < -0.4 is 4.74 Å². The van der Waals surface area contributed by atoms with E-state index in [1.54, 1.807) is 36.4 Å². The Balaban J connectivity index is 2.28. The van der Waals surface area contributed by atoms with Crippen molar-refractivity contribution in [2.24, 2.45) is 0 Å². The molecule has 26 heavy (non-hydrogen) atoms. The molecule has 0 radical (unpaired) electrons. The fourth-order valence-corrected chi connectivity index (χ4v) is 2.24. The van der Waals surface area contributed by atoms with E-state index in [1.807, 2.05) is 0 Å². The Hall–Kier alpha value is -0.530. The molecule has 0 spiro atoms. The molecule has 0 aliphatic heterocycles. The van der Waals surface area contributed by atoms with Gasteiger partial charge in [0.05, 0.1) is 6.61 Å². The number of rotatable bonds is 5. The first-order chi connectivity index (χ1) is 12.1. The van der Waals surface area contributed by atoms with Crippen molar-refractivity contribution in [3.05, 3.63) is 47.3 Å². The van der Waals surface area contributed by atoms with Gasteiger partial charge in [-0.2, -0.15) is 0 Å². The van der Waals surface area contributed by atoms with Gasteiger partial charge in [-0.1, -0.05) is 87.8 Å². The zero-order chi connectivity index (χ0) is 19.4. The van der Waals surface area contributed by atoms with E-state index in [4.69, 9.17) is 79.4 Å². The molecule has 0 atom stereocenters. The molecule has 1 heterocycles.